The molecule has 0 aliphatic carbocycles. The average molecular weight is 360 g/mol. The molecular weight excluding hydrogens is 332 g/mol. The van der Waals surface area contributed by atoms with Crippen LogP contribution < -0.4 is 5.32 Å². The number of hydrogen-bond donors (Lipinski definition) is 2. The fourth-order valence-electron chi connectivity index (χ4n) is 3.18. The zero-order valence-electron chi connectivity index (χ0n) is 15.5. The van der Waals surface area contributed by atoms with Gasteiger partial charge in [-0.2, -0.15) is 0 Å². The lowest BCUT2D eigenvalue weighted by Gasteiger charge is -2.33. The first-order valence-electron chi connectivity index (χ1n) is 9.31. The summed E-state index contributed by atoms with van der Waals surface area (Å²) in [5.74, 6) is -1.02. The fourth-order valence-corrected chi connectivity index (χ4v) is 3.18. The summed E-state index contributed by atoms with van der Waals surface area (Å²) in [6.45, 7) is 5.11. The van der Waals surface area contributed by atoms with E-state index in [4.69, 9.17) is 5.11 Å². The van der Waals surface area contributed by atoms with Gasteiger partial charge < -0.3 is 15.3 Å². The van der Waals surface area contributed by atoms with Crippen LogP contribution in [0, 0.1) is 11.8 Å². The average Bonchev–Trinajstić information content (AvgIpc) is 2.65. The first kappa shape index (κ1) is 19.9. The normalized spacial score (nSPS) is 18.2. The Hall–Kier alpha value is -2.37. The van der Waals surface area contributed by atoms with Gasteiger partial charge in [-0.25, -0.2) is 0 Å². The van der Waals surface area contributed by atoms with Crippen LogP contribution in [0.5, 0.6) is 0 Å². The third kappa shape index (κ3) is 5.58. The predicted octanol–water partition coefficient (Wildman–Crippen LogP) is 2.93. The highest BCUT2D eigenvalue weighted by Gasteiger charge is 2.29. The lowest BCUT2D eigenvalue weighted by Crippen LogP contribution is -2.45. The first-order chi connectivity index (χ1) is 12.4. The molecule has 6 heteroatoms. The molecule has 1 fully saturated rings. The van der Waals surface area contributed by atoms with Crippen molar-refractivity contribution in [1.82, 2.24) is 4.90 Å². The maximum Gasteiger partial charge on any atom is 0.303 e. The number of aliphatic carboxylic acids is 1. The molecule has 0 aromatic heterocycles. The van der Waals surface area contributed by atoms with E-state index in [1.165, 1.54) is 0 Å². The van der Waals surface area contributed by atoms with Crippen molar-refractivity contribution in [1.29, 1.82) is 0 Å². The van der Waals surface area contributed by atoms with Crippen LogP contribution in [0.1, 0.15) is 45.1 Å². The number of carbonyl (C=O) groups is 3. The molecule has 6 nitrogen and oxygen atoms in total. The van der Waals surface area contributed by atoms with Crippen LogP contribution in [0.4, 0.5) is 5.69 Å². The zero-order valence-corrected chi connectivity index (χ0v) is 15.5. The maximum absolute atomic E-state index is 12.6. The van der Waals surface area contributed by atoms with Gasteiger partial charge in [0.15, 0.2) is 0 Å². The van der Waals surface area contributed by atoms with Crippen LogP contribution in [0.2, 0.25) is 0 Å². The number of carbonyl (C=O) groups excluding carboxylic acids is 2. The summed E-state index contributed by atoms with van der Waals surface area (Å²) in [7, 11) is 0. The Morgan fingerprint density at radius 2 is 2.12 bits per heavy atom. The number of rotatable bonds is 7. The number of amides is 2. The molecule has 142 valence electrons. The molecule has 1 saturated heterocycles. The second kappa shape index (κ2) is 9.36. The van der Waals surface area contributed by atoms with Gasteiger partial charge in [0.25, 0.3) is 0 Å². The van der Waals surface area contributed by atoms with Crippen molar-refractivity contribution in [3.8, 4) is 0 Å². The van der Waals surface area contributed by atoms with Crippen LogP contribution in [-0.4, -0.2) is 40.9 Å². The minimum absolute atomic E-state index is 0.0114. The van der Waals surface area contributed by atoms with Gasteiger partial charge in [0.1, 0.15) is 0 Å². The summed E-state index contributed by atoms with van der Waals surface area (Å²) < 4.78 is 0. The summed E-state index contributed by atoms with van der Waals surface area (Å²) in [6.07, 6.45) is 2.90. The lowest BCUT2D eigenvalue weighted by atomic mass is 9.95. The van der Waals surface area contributed by atoms with Gasteiger partial charge in [0.05, 0.1) is 5.92 Å². The second-order valence-electron chi connectivity index (χ2n) is 7.02. The molecule has 2 rings (SSSR count). The number of benzene rings is 1. The van der Waals surface area contributed by atoms with Gasteiger partial charge in [-0.15, -0.1) is 0 Å². The van der Waals surface area contributed by atoms with E-state index in [1.807, 2.05) is 36.9 Å². The Kier molecular flexibility index (Phi) is 7.18. The molecule has 26 heavy (non-hydrogen) atoms. The van der Waals surface area contributed by atoms with Crippen molar-refractivity contribution in [3.05, 3.63) is 29.8 Å². The largest absolute Gasteiger partial charge is 0.481 e. The summed E-state index contributed by atoms with van der Waals surface area (Å²) in [5.41, 5.74) is 1.55. The van der Waals surface area contributed by atoms with Crippen LogP contribution in [-0.2, 0) is 20.8 Å². The molecule has 1 aliphatic heterocycles. The van der Waals surface area contributed by atoms with E-state index in [2.05, 4.69) is 5.32 Å². The molecule has 1 aromatic carbocycles. The molecule has 1 aliphatic rings. The van der Waals surface area contributed by atoms with E-state index < -0.39 is 5.97 Å². The molecule has 1 heterocycles. The van der Waals surface area contributed by atoms with Gasteiger partial charge in [-0.3, -0.25) is 14.4 Å². The minimum Gasteiger partial charge on any atom is -0.481 e. The Morgan fingerprint density at radius 3 is 2.81 bits per heavy atom. The number of aryl methyl sites for hydroxylation is 1. The van der Waals surface area contributed by atoms with Crippen LogP contribution in [0.3, 0.4) is 0 Å². The Bertz CT molecular complexity index is 659. The topological polar surface area (TPSA) is 86.7 Å². The van der Waals surface area contributed by atoms with Crippen molar-refractivity contribution in [2.45, 2.75) is 46.0 Å². The van der Waals surface area contributed by atoms with Gasteiger partial charge in [-0.1, -0.05) is 26.0 Å². The maximum atomic E-state index is 12.6. The van der Waals surface area contributed by atoms with E-state index in [0.29, 0.717) is 18.7 Å². The SMILES string of the molecule is CCC(C)C(=O)N1CCCC(C(=O)Nc2cccc(CCC(=O)O)c2)C1. The van der Waals surface area contributed by atoms with Crippen molar-refractivity contribution in [3.63, 3.8) is 0 Å². The highest BCUT2D eigenvalue weighted by Crippen LogP contribution is 2.21. The van der Waals surface area contributed by atoms with Crippen molar-refractivity contribution in [2.75, 3.05) is 18.4 Å². The number of likely N-dealkylation sites (tertiary alicyclic amines) is 1. The number of anilines is 1. The summed E-state index contributed by atoms with van der Waals surface area (Å²) >= 11 is 0. The van der Waals surface area contributed by atoms with Crippen molar-refractivity contribution >= 4 is 23.5 Å². The van der Waals surface area contributed by atoms with E-state index in [1.54, 1.807) is 6.07 Å². The van der Waals surface area contributed by atoms with E-state index in [-0.39, 0.29) is 30.1 Å². The standard InChI is InChI=1S/C20H28N2O4/c1-3-14(2)20(26)22-11-5-7-16(13-22)19(25)21-17-8-4-6-15(12-17)9-10-18(23)24/h4,6,8,12,14,16H,3,5,7,9-11,13H2,1-2H3,(H,21,25)(H,23,24). The lowest BCUT2D eigenvalue weighted by molar-refractivity contribution is -0.138. The molecule has 0 bridgehead atoms. The molecule has 2 unspecified atom stereocenters. The van der Waals surface area contributed by atoms with Crippen molar-refractivity contribution in [2.24, 2.45) is 11.8 Å². The molecular formula is C20H28N2O4. The number of nitrogens with zero attached hydrogens (tertiary/aromatic N) is 1. The monoisotopic (exact) mass is 360 g/mol. The molecule has 0 saturated carbocycles. The van der Waals surface area contributed by atoms with Crippen LogP contribution >= 0.6 is 0 Å². The highest BCUT2D eigenvalue weighted by molar-refractivity contribution is 5.93. The molecule has 2 N–H and O–H groups in total. The van der Waals surface area contributed by atoms with Gasteiger partial charge in [0.2, 0.25) is 11.8 Å². The van der Waals surface area contributed by atoms with Crippen molar-refractivity contribution < 1.29 is 19.5 Å². The molecule has 2 atom stereocenters. The highest BCUT2D eigenvalue weighted by atomic mass is 16.4. The number of hydrogen-bond acceptors (Lipinski definition) is 3. The third-order valence-corrected chi connectivity index (χ3v) is 4.96. The van der Waals surface area contributed by atoms with Crippen LogP contribution in [0.25, 0.3) is 0 Å². The molecule has 1 aromatic rings. The Morgan fingerprint density at radius 1 is 1.35 bits per heavy atom. The molecule has 0 spiro atoms. The summed E-state index contributed by atoms with van der Waals surface area (Å²) in [5, 5.41) is 11.7. The number of piperidine rings is 1. The van der Waals surface area contributed by atoms with E-state index >= 15 is 0 Å². The minimum atomic E-state index is -0.840. The zero-order chi connectivity index (χ0) is 19.1. The quantitative estimate of drug-likeness (QED) is 0.783. The van der Waals surface area contributed by atoms with Gasteiger partial charge in [-0.05, 0) is 43.4 Å². The molecule has 2 amide bonds. The van der Waals surface area contributed by atoms with Gasteiger partial charge >= 0.3 is 5.97 Å². The Labute approximate surface area is 154 Å². The molecule has 0 radical (unpaired) electrons. The summed E-state index contributed by atoms with van der Waals surface area (Å²) in [6, 6.07) is 7.27. The van der Waals surface area contributed by atoms with Crippen LogP contribution in [0.15, 0.2) is 24.3 Å². The Balaban J connectivity index is 1.95. The smallest absolute Gasteiger partial charge is 0.303 e. The number of nitrogens with one attached hydrogen (secondary N) is 1. The first-order valence-corrected chi connectivity index (χ1v) is 9.31. The van der Waals surface area contributed by atoms with E-state index in [0.717, 1.165) is 31.4 Å². The summed E-state index contributed by atoms with van der Waals surface area (Å²) in [4.78, 5) is 37.5. The number of carboxylic acids is 1. The fraction of sp³-hybridized carbons (Fsp3) is 0.550. The van der Waals surface area contributed by atoms with E-state index in [9.17, 15) is 14.4 Å². The third-order valence-electron chi connectivity index (χ3n) is 4.96. The number of carboxylic acid groups (broad SMARTS) is 1. The van der Waals surface area contributed by atoms with Gasteiger partial charge in [0, 0.05) is 31.1 Å². The second-order valence-corrected chi connectivity index (χ2v) is 7.02. The predicted molar refractivity (Wildman–Crippen MR) is 99.8 cm³/mol.